The molecule has 2 N–H and O–H groups in total. The van der Waals surface area contributed by atoms with Crippen LogP contribution in [0.1, 0.15) is 5.56 Å². The van der Waals surface area contributed by atoms with Gasteiger partial charge < -0.3 is 15.0 Å². The third-order valence-electron chi connectivity index (χ3n) is 3.64. The summed E-state index contributed by atoms with van der Waals surface area (Å²) in [5, 5.41) is 21.7. The molecule has 0 bridgehead atoms. The van der Waals surface area contributed by atoms with E-state index in [1.165, 1.54) is 11.8 Å². The number of aromatic hydroxyl groups is 1. The molecule has 0 aliphatic rings. The summed E-state index contributed by atoms with van der Waals surface area (Å²) in [6, 6.07) is 16.7. The highest BCUT2D eigenvalue weighted by molar-refractivity contribution is 7.99. The summed E-state index contributed by atoms with van der Waals surface area (Å²) >= 11 is 1.31. The molecule has 0 aliphatic carbocycles. The first kappa shape index (κ1) is 17.0. The largest absolute Gasteiger partial charge is 0.507 e. The first-order valence-electron chi connectivity index (χ1n) is 7.76. The molecule has 0 spiro atoms. The Hall–Kier alpha value is -2.80. The summed E-state index contributed by atoms with van der Waals surface area (Å²) in [4.78, 5) is 12.0. The van der Waals surface area contributed by atoms with Crippen LogP contribution in [0.5, 0.6) is 5.75 Å². The van der Waals surface area contributed by atoms with Gasteiger partial charge in [0.15, 0.2) is 11.0 Å². The van der Waals surface area contributed by atoms with Gasteiger partial charge in [-0.25, -0.2) is 0 Å². The van der Waals surface area contributed by atoms with Gasteiger partial charge in [-0.3, -0.25) is 4.79 Å². The van der Waals surface area contributed by atoms with Crippen LogP contribution < -0.4 is 5.32 Å². The minimum absolute atomic E-state index is 0.0686. The van der Waals surface area contributed by atoms with Gasteiger partial charge >= 0.3 is 0 Å². The summed E-state index contributed by atoms with van der Waals surface area (Å²) in [6.07, 6.45) is 0. The lowest BCUT2D eigenvalue weighted by Crippen LogP contribution is -2.24. The molecule has 6 nitrogen and oxygen atoms in total. The van der Waals surface area contributed by atoms with Crippen LogP contribution in [0.25, 0.3) is 11.4 Å². The average Bonchev–Trinajstić information content (AvgIpc) is 3.00. The minimum atomic E-state index is -0.0686. The monoisotopic (exact) mass is 354 g/mol. The maximum Gasteiger partial charge on any atom is 0.230 e. The highest BCUT2D eigenvalue weighted by atomic mass is 32.2. The second-order valence-electron chi connectivity index (χ2n) is 5.43. The topological polar surface area (TPSA) is 80.0 Å². The van der Waals surface area contributed by atoms with Gasteiger partial charge in [-0.05, 0) is 17.7 Å². The number of hydrogen-bond acceptors (Lipinski definition) is 5. The lowest BCUT2D eigenvalue weighted by molar-refractivity contribution is -0.118. The quantitative estimate of drug-likeness (QED) is 0.665. The SMILES string of the molecule is Cn1c(SCC(=O)NCc2ccccc2)nnc1-c1ccccc1O. The molecule has 0 saturated heterocycles. The van der Waals surface area contributed by atoms with E-state index in [2.05, 4.69) is 15.5 Å². The first-order valence-corrected chi connectivity index (χ1v) is 8.75. The molecule has 0 saturated carbocycles. The van der Waals surface area contributed by atoms with Gasteiger partial charge in [0.1, 0.15) is 5.75 Å². The molecule has 128 valence electrons. The number of rotatable bonds is 6. The molecule has 1 aromatic heterocycles. The Morgan fingerprint density at radius 3 is 2.60 bits per heavy atom. The Morgan fingerprint density at radius 2 is 1.84 bits per heavy atom. The number of benzene rings is 2. The van der Waals surface area contributed by atoms with Gasteiger partial charge in [-0.1, -0.05) is 54.2 Å². The second-order valence-corrected chi connectivity index (χ2v) is 6.38. The van der Waals surface area contributed by atoms with E-state index < -0.39 is 0 Å². The standard InChI is InChI=1S/C18H18N4O2S/c1-22-17(14-9-5-6-10-15(14)23)20-21-18(22)25-12-16(24)19-11-13-7-3-2-4-8-13/h2-10,23H,11-12H2,1H3,(H,19,24). The molecule has 0 aliphatic heterocycles. The predicted molar refractivity (Wildman–Crippen MR) is 97.1 cm³/mol. The number of amides is 1. The summed E-state index contributed by atoms with van der Waals surface area (Å²) in [6.45, 7) is 0.502. The van der Waals surface area contributed by atoms with Gasteiger partial charge in [-0.2, -0.15) is 0 Å². The number of aromatic nitrogens is 3. The van der Waals surface area contributed by atoms with E-state index in [1.807, 2.05) is 43.4 Å². The van der Waals surface area contributed by atoms with Crippen molar-refractivity contribution in [3.05, 3.63) is 60.2 Å². The summed E-state index contributed by atoms with van der Waals surface area (Å²) in [7, 11) is 1.81. The number of carbonyl (C=O) groups excluding carboxylic acids is 1. The highest BCUT2D eigenvalue weighted by Gasteiger charge is 2.15. The van der Waals surface area contributed by atoms with Crippen molar-refractivity contribution in [3.8, 4) is 17.1 Å². The van der Waals surface area contributed by atoms with E-state index >= 15 is 0 Å². The van der Waals surface area contributed by atoms with Gasteiger partial charge in [-0.15, -0.1) is 10.2 Å². The van der Waals surface area contributed by atoms with Crippen LogP contribution in [0.4, 0.5) is 0 Å². The van der Waals surface area contributed by atoms with Crippen LogP contribution in [0.2, 0.25) is 0 Å². The first-order chi connectivity index (χ1) is 12.1. The Bertz CT molecular complexity index is 865. The van der Waals surface area contributed by atoms with Gasteiger partial charge in [0, 0.05) is 13.6 Å². The summed E-state index contributed by atoms with van der Waals surface area (Å²) < 4.78 is 1.77. The van der Waals surface area contributed by atoms with Crippen molar-refractivity contribution in [2.45, 2.75) is 11.7 Å². The van der Waals surface area contributed by atoms with E-state index in [4.69, 9.17) is 0 Å². The number of thioether (sulfide) groups is 1. The van der Waals surface area contributed by atoms with Crippen molar-refractivity contribution in [1.82, 2.24) is 20.1 Å². The molecule has 0 radical (unpaired) electrons. The Balaban J connectivity index is 1.59. The molecule has 1 heterocycles. The van der Waals surface area contributed by atoms with E-state index in [0.29, 0.717) is 23.1 Å². The van der Waals surface area contributed by atoms with Crippen molar-refractivity contribution >= 4 is 17.7 Å². The molecule has 0 fully saturated rings. The molecule has 3 rings (SSSR count). The van der Waals surface area contributed by atoms with Crippen LogP contribution >= 0.6 is 11.8 Å². The Morgan fingerprint density at radius 1 is 1.12 bits per heavy atom. The molecule has 0 atom stereocenters. The van der Waals surface area contributed by atoms with Crippen molar-refractivity contribution < 1.29 is 9.90 Å². The van der Waals surface area contributed by atoms with E-state index in [-0.39, 0.29) is 17.4 Å². The maximum absolute atomic E-state index is 12.0. The lowest BCUT2D eigenvalue weighted by Gasteiger charge is -2.06. The summed E-state index contributed by atoms with van der Waals surface area (Å²) in [5.74, 6) is 0.890. The van der Waals surface area contributed by atoms with E-state index in [0.717, 1.165) is 5.56 Å². The zero-order valence-electron chi connectivity index (χ0n) is 13.7. The van der Waals surface area contributed by atoms with Crippen LogP contribution in [0, 0.1) is 0 Å². The van der Waals surface area contributed by atoms with Crippen molar-refractivity contribution in [3.63, 3.8) is 0 Å². The minimum Gasteiger partial charge on any atom is -0.507 e. The molecule has 0 unspecified atom stereocenters. The van der Waals surface area contributed by atoms with Crippen molar-refractivity contribution in [2.75, 3.05) is 5.75 Å². The third kappa shape index (κ3) is 4.19. The molecule has 7 heteroatoms. The number of nitrogens with zero attached hydrogens (tertiary/aromatic N) is 3. The Labute approximate surface area is 149 Å². The second kappa shape index (κ2) is 7.85. The fourth-order valence-electron chi connectivity index (χ4n) is 2.32. The number of para-hydroxylation sites is 1. The molecular weight excluding hydrogens is 336 g/mol. The average molecular weight is 354 g/mol. The molecular formula is C18H18N4O2S. The zero-order valence-corrected chi connectivity index (χ0v) is 14.5. The smallest absolute Gasteiger partial charge is 0.230 e. The van der Waals surface area contributed by atoms with Crippen molar-refractivity contribution in [1.29, 1.82) is 0 Å². The van der Waals surface area contributed by atoms with E-state index in [1.54, 1.807) is 22.8 Å². The predicted octanol–water partition coefficient (Wildman–Crippen LogP) is 2.60. The van der Waals surface area contributed by atoms with Gasteiger partial charge in [0.05, 0.1) is 11.3 Å². The number of nitrogens with one attached hydrogen (secondary N) is 1. The van der Waals surface area contributed by atoms with Crippen LogP contribution in [-0.2, 0) is 18.4 Å². The molecule has 3 aromatic rings. The number of phenols is 1. The zero-order chi connectivity index (χ0) is 17.6. The van der Waals surface area contributed by atoms with Gasteiger partial charge in [0.25, 0.3) is 0 Å². The van der Waals surface area contributed by atoms with Crippen LogP contribution in [0.3, 0.4) is 0 Å². The fraction of sp³-hybridized carbons (Fsp3) is 0.167. The number of carbonyl (C=O) groups is 1. The van der Waals surface area contributed by atoms with Crippen molar-refractivity contribution in [2.24, 2.45) is 7.05 Å². The number of hydrogen-bond donors (Lipinski definition) is 2. The fourth-order valence-corrected chi connectivity index (χ4v) is 3.06. The van der Waals surface area contributed by atoms with Crippen LogP contribution in [0.15, 0.2) is 59.8 Å². The van der Waals surface area contributed by atoms with Gasteiger partial charge in [0.2, 0.25) is 5.91 Å². The normalized spacial score (nSPS) is 10.6. The Kier molecular flexibility index (Phi) is 5.35. The molecule has 2 aromatic carbocycles. The highest BCUT2D eigenvalue weighted by Crippen LogP contribution is 2.28. The number of phenolic OH excluding ortho intramolecular Hbond substituents is 1. The third-order valence-corrected chi connectivity index (χ3v) is 4.66. The molecule has 1 amide bonds. The summed E-state index contributed by atoms with van der Waals surface area (Å²) in [5.41, 5.74) is 1.67. The van der Waals surface area contributed by atoms with Crippen LogP contribution in [-0.4, -0.2) is 31.5 Å². The lowest BCUT2D eigenvalue weighted by atomic mass is 10.2. The van der Waals surface area contributed by atoms with E-state index in [9.17, 15) is 9.90 Å². The maximum atomic E-state index is 12.0. The molecule has 25 heavy (non-hydrogen) atoms.